The van der Waals surface area contributed by atoms with Crippen molar-refractivity contribution in [2.75, 3.05) is 19.6 Å². The van der Waals surface area contributed by atoms with E-state index in [2.05, 4.69) is 44.9 Å². The van der Waals surface area contributed by atoms with Gasteiger partial charge in [-0.1, -0.05) is 11.6 Å². The number of hydrogen-bond donors (Lipinski definition) is 0. The average Bonchev–Trinajstić information content (AvgIpc) is 3.09. The summed E-state index contributed by atoms with van der Waals surface area (Å²) in [7, 11) is 0. The predicted octanol–water partition coefficient (Wildman–Crippen LogP) is 5.58. The molecule has 1 fully saturated rings. The summed E-state index contributed by atoms with van der Waals surface area (Å²) in [6.45, 7) is 3.25. The van der Waals surface area contributed by atoms with Crippen LogP contribution in [0.4, 0.5) is 0 Å². The van der Waals surface area contributed by atoms with E-state index in [4.69, 9.17) is 16.9 Å². The molecular weight excluding hydrogens is 391 g/mol. The van der Waals surface area contributed by atoms with Gasteiger partial charge in [-0.05, 0) is 80.7 Å². The molecule has 0 aliphatic carbocycles. The number of rotatable bonds is 5. The fourth-order valence-corrected chi connectivity index (χ4v) is 4.22. The van der Waals surface area contributed by atoms with Crippen molar-refractivity contribution in [1.29, 1.82) is 5.26 Å². The average molecular weight is 415 g/mol. The Balaban J connectivity index is 0.00000225. The highest BCUT2D eigenvalue weighted by Crippen LogP contribution is 2.35. The summed E-state index contributed by atoms with van der Waals surface area (Å²) in [6, 6.07) is 12.3. The topological polar surface area (TPSA) is 44.9 Å². The normalized spacial score (nSPS) is 15.3. The Hall–Kier alpha value is -2.06. The van der Waals surface area contributed by atoms with Crippen LogP contribution in [0.15, 0.2) is 48.9 Å². The van der Waals surface area contributed by atoms with Gasteiger partial charge in [0, 0.05) is 34.9 Å². The Bertz CT molecular complexity index is 951. The molecule has 0 N–H and O–H groups in total. The molecule has 0 spiro atoms. The summed E-state index contributed by atoms with van der Waals surface area (Å²) in [6.07, 6.45) is 10.1. The number of unbranched alkanes of at least 4 members (excludes halogenated alkanes) is 1. The van der Waals surface area contributed by atoms with Crippen molar-refractivity contribution in [2.45, 2.75) is 31.6 Å². The van der Waals surface area contributed by atoms with Crippen LogP contribution in [-0.2, 0) is 0 Å². The lowest BCUT2D eigenvalue weighted by Crippen LogP contribution is -2.33. The second kappa shape index (κ2) is 9.43. The van der Waals surface area contributed by atoms with Crippen LogP contribution in [0.3, 0.4) is 0 Å². The van der Waals surface area contributed by atoms with E-state index in [1.54, 1.807) is 0 Å². The van der Waals surface area contributed by atoms with Crippen molar-refractivity contribution >= 4 is 34.9 Å². The van der Waals surface area contributed by atoms with Crippen LogP contribution in [0.1, 0.15) is 37.2 Å². The third-order valence-corrected chi connectivity index (χ3v) is 5.79. The molecular formula is C22H24Cl2N4. The highest BCUT2D eigenvalue weighted by Gasteiger charge is 2.23. The van der Waals surface area contributed by atoms with Crippen LogP contribution in [-0.4, -0.2) is 34.1 Å². The minimum absolute atomic E-state index is 0. The molecule has 28 heavy (non-hydrogen) atoms. The Morgan fingerprint density at radius 2 is 1.89 bits per heavy atom. The van der Waals surface area contributed by atoms with E-state index in [9.17, 15) is 0 Å². The molecule has 4 rings (SSSR count). The summed E-state index contributed by atoms with van der Waals surface area (Å²) in [4.78, 5) is 6.84. The number of fused-ring (bicyclic) bond motifs is 1. The summed E-state index contributed by atoms with van der Waals surface area (Å²) in [5, 5.41) is 10.8. The monoisotopic (exact) mass is 414 g/mol. The van der Waals surface area contributed by atoms with E-state index in [0.717, 1.165) is 55.1 Å². The Morgan fingerprint density at radius 3 is 2.61 bits per heavy atom. The fraction of sp³-hybridized carbons (Fsp3) is 0.364. The number of halogens is 2. The standard InChI is InChI=1S/C22H23ClN4.ClH/c23-18-3-5-19(6-4-18)27-16-21(20-7-11-25-15-22(20)27)17-8-13-26(14-9-17)12-2-1-10-24;/h3-7,11,15-17H,1-2,8-9,12-14H2;1H. The van der Waals surface area contributed by atoms with Crippen LogP contribution in [0.2, 0.25) is 5.02 Å². The van der Waals surface area contributed by atoms with Crippen molar-refractivity contribution in [2.24, 2.45) is 0 Å². The van der Waals surface area contributed by atoms with E-state index in [-0.39, 0.29) is 12.4 Å². The van der Waals surface area contributed by atoms with E-state index in [1.807, 2.05) is 24.5 Å². The number of likely N-dealkylation sites (tertiary alicyclic amines) is 1. The molecule has 0 atom stereocenters. The van der Waals surface area contributed by atoms with Crippen LogP contribution < -0.4 is 0 Å². The number of hydrogen-bond acceptors (Lipinski definition) is 3. The molecule has 1 aromatic carbocycles. The minimum Gasteiger partial charge on any atom is -0.315 e. The molecule has 1 aliphatic rings. The van der Waals surface area contributed by atoms with E-state index in [0.29, 0.717) is 12.3 Å². The number of nitrogens with zero attached hydrogens (tertiary/aromatic N) is 4. The molecule has 0 bridgehead atoms. The molecule has 1 aliphatic heterocycles. The van der Waals surface area contributed by atoms with Crippen LogP contribution in [0.25, 0.3) is 16.6 Å². The summed E-state index contributed by atoms with van der Waals surface area (Å²) in [5.41, 5.74) is 3.67. The van der Waals surface area contributed by atoms with Gasteiger partial charge in [-0.2, -0.15) is 5.26 Å². The fourth-order valence-electron chi connectivity index (χ4n) is 4.09. The highest BCUT2D eigenvalue weighted by molar-refractivity contribution is 6.30. The summed E-state index contributed by atoms with van der Waals surface area (Å²) in [5.74, 6) is 0.565. The van der Waals surface area contributed by atoms with Gasteiger partial charge in [-0.3, -0.25) is 4.98 Å². The Labute approximate surface area is 177 Å². The first kappa shape index (κ1) is 20.7. The molecule has 6 heteroatoms. The molecule has 0 amide bonds. The molecule has 0 radical (unpaired) electrons. The first-order valence-corrected chi connectivity index (χ1v) is 9.94. The molecule has 146 valence electrons. The summed E-state index contributed by atoms with van der Waals surface area (Å²) < 4.78 is 2.23. The summed E-state index contributed by atoms with van der Waals surface area (Å²) >= 11 is 6.06. The first-order chi connectivity index (χ1) is 13.3. The second-order valence-corrected chi connectivity index (χ2v) is 7.64. The molecule has 3 aromatic rings. The zero-order valence-electron chi connectivity index (χ0n) is 15.7. The van der Waals surface area contributed by atoms with Crippen molar-refractivity contribution in [3.05, 3.63) is 59.5 Å². The highest BCUT2D eigenvalue weighted by atomic mass is 35.5. The third kappa shape index (κ3) is 4.33. The minimum atomic E-state index is 0. The molecule has 3 heterocycles. The number of pyridine rings is 1. The zero-order valence-corrected chi connectivity index (χ0v) is 17.3. The van der Waals surface area contributed by atoms with Crippen LogP contribution >= 0.6 is 24.0 Å². The first-order valence-electron chi connectivity index (χ1n) is 9.56. The molecule has 0 unspecified atom stereocenters. The molecule has 0 saturated carbocycles. The van der Waals surface area contributed by atoms with Gasteiger partial charge in [0.2, 0.25) is 0 Å². The predicted molar refractivity (Wildman–Crippen MR) is 117 cm³/mol. The Morgan fingerprint density at radius 1 is 1.14 bits per heavy atom. The molecule has 2 aromatic heterocycles. The van der Waals surface area contributed by atoms with Gasteiger partial charge in [-0.25, -0.2) is 0 Å². The van der Waals surface area contributed by atoms with Crippen LogP contribution in [0.5, 0.6) is 0 Å². The Kier molecular flexibility index (Phi) is 6.96. The van der Waals surface area contributed by atoms with Crippen molar-refractivity contribution in [3.8, 4) is 11.8 Å². The molecule has 1 saturated heterocycles. The number of nitriles is 1. The number of aromatic nitrogens is 2. The largest absolute Gasteiger partial charge is 0.315 e. The van der Waals surface area contributed by atoms with Gasteiger partial charge in [0.25, 0.3) is 0 Å². The number of benzene rings is 1. The van der Waals surface area contributed by atoms with Crippen molar-refractivity contribution in [3.63, 3.8) is 0 Å². The lowest BCUT2D eigenvalue weighted by atomic mass is 9.89. The third-order valence-electron chi connectivity index (χ3n) is 5.53. The second-order valence-electron chi connectivity index (χ2n) is 7.20. The maximum Gasteiger partial charge on any atom is 0.0715 e. The van der Waals surface area contributed by atoms with Gasteiger partial charge < -0.3 is 9.47 Å². The van der Waals surface area contributed by atoms with Crippen LogP contribution in [0, 0.1) is 11.3 Å². The van der Waals surface area contributed by atoms with E-state index < -0.39 is 0 Å². The lowest BCUT2D eigenvalue weighted by Gasteiger charge is -2.31. The van der Waals surface area contributed by atoms with Gasteiger partial charge >= 0.3 is 0 Å². The van der Waals surface area contributed by atoms with Gasteiger partial charge in [0.05, 0.1) is 17.8 Å². The smallest absolute Gasteiger partial charge is 0.0715 e. The van der Waals surface area contributed by atoms with E-state index >= 15 is 0 Å². The maximum absolute atomic E-state index is 8.72. The quantitative estimate of drug-likeness (QED) is 0.511. The SMILES string of the molecule is Cl.N#CCCCN1CCC(c2cn(-c3ccc(Cl)cc3)c3cnccc23)CC1. The van der Waals surface area contributed by atoms with Crippen molar-refractivity contribution in [1.82, 2.24) is 14.5 Å². The molecule has 4 nitrogen and oxygen atoms in total. The lowest BCUT2D eigenvalue weighted by molar-refractivity contribution is 0.211. The van der Waals surface area contributed by atoms with Gasteiger partial charge in [0.1, 0.15) is 0 Å². The van der Waals surface area contributed by atoms with Gasteiger partial charge in [0.15, 0.2) is 0 Å². The van der Waals surface area contributed by atoms with Gasteiger partial charge in [-0.15, -0.1) is 12.4 Å². The maximum atomic E-state index is 8.72. The van der Waals surface area contributed by atoms with Crippen molar-refractivity contribution < 1.29 is 0 Å². The number of piperidine rings is 1. The van der Waals surface area contributed by atoms with E-state index in [1.165, 1.54) is 10.9 Å². The zero-order chi connectivity index (χ0) is 18.6.